The van der Waals surface area contributed by atoms with Gasteiger partial charge in [-0.3, -0.25) is 4.79 Å². The van der Waals surface area contributed by atoms with E-state index in [9.17, 15) is 4.79 Å². The molecule has 1 saturated carbocycles. The zero-order valence-corrected chi connectivity index (χ0v) is 17.0. The average molecular weight is 410 g/mol. The van der Waals surface area contributed by atoms with Crippen LogP contribution in [0.25, 0.3) is 0 Å². The second-order valence-corrected chi connectivity index (χ2v) is 8.10. The molecule has 4 heteroatoms. The summed E-state index contributed by atoms with van der Waals surface area (Å²) in [6, 6.07) is 7.92. The Balaban J connectivity index is 1.82. The molecule has 1 aromatic carbocycles. The van der Waals surface area contributed by atoms with Crippen molar-refractivity contribution in [3.05, 3.63) is 28.7 Å². The lowest BCUT2D eigenvalue weighted by atomic mass is 9.98. The molecule has 0 radical (unpaired) electrons. The van der Waals surface area contributed by atoms with E-state index in [1.165, 1.54) is 57.8 Å². The number of halogens is 1. The molecule has 0 heterocycles. The molecule has 0 bridgehead atoms. The van der Waals surface area contributed by atoms with Crippen LogP contribution in [0.3, 0.4) is 0 Å². The predicted octanol–water partition coefficient (Wildman–Crippen LogP) is 6.01. The van der Waals surface area contributed by atoms with Crippen LogP contribution in [0, 0.1) is 0 Å². The van der Waals surface area contributed by atoms with Crippen LogP contribution in [0.4, 0.5) is 0 Å². The normalized spacial score (nSPS) is 19.3. The molecule has 1 N–H and O–H groups in total. The Morgan fingerprint density at radius 3 is 2.16 bits per heavy atom. The van der Waals surface area contributed by atoms with Gasteiger partial charge in [-0.25, -0.2) is 0 Å². The van der Waals surface area contributed by atoms with Gasteiger partial charge in [0.25, 0.3) is 5.91 Å². The largest absolute Gasteiger partial charge is 0.481 e. The molecule has 2 rings (SSSR count). The first-order chi connectivity index (χ1) is 12.1. The molecule has 140 valence electrons. The van der Waals surface area contributed by atoms with Crippen LogP contribution >= 0.6 is 15.9 Å². The Kier molecular flexibility index (Phi) is 9.38. The molecule has 0 aliphatic heterocycles. The first kappa shape index (κ1) is 20.3. The van der Waals surface area contributed by atoms with Gasteiger partial charge < -0.3 is 10.1 Å². The summed E-state index contributed by atoms with van der Waals surface area (Å²) in [4.78, 5) is 12.5. The summed E-state index contributed by atoms with van der Waals surface area (Å²) in [7, 11) is 0. The van der Waals surface area contributed by atoms with Crippen LogP contribution in [0.5, 0.6) is 5.75 Å². The van der Waals surface area contributed by atoms with Crippen molar-refractivity contribution >= 4 is 21.8 Å². The number of nitrogens with one attached hydrogen (secondary N) is 1. The number of carbonyl (C=O) groups is 1. The molecule has 0 saturated heterocycles. The van der Waals surface area contributed by atoms with E-state index in [-0.39, 0.29) is 5.91 Å². The molecule has 1 fully saturated rings. The monoisotopic (exact) mass is 409 g/mol. The fraction of sp³-hybridized carbons (Fsp3) is 0.667. The molecule has 1 atom stereocenters. The smallest absolute Gasteiger partial charge is 0.260 e. The maximum Gasteiger partial charge on any atom is 0.260 e. The van der Waals surface area contributed by atoms with Crippen LogP contribution in [-0.2, 0) is 4.79 Å². The zero-order chi connectivity index (χ0) is 17.9. The highest BCUT2D eigenvalue weighted by molar-refractivity contribution is 9.10. The Morgan fingerprint density at radius 2 is 1.60 bits per heavy atom. The lowest BCUT2D eigenvalue weighted by molar-refractivity contribution is -0.128. The summed E-state index contributed by atoms with van der Waals surface area (Å²) >= 11 is 3.43. The van der Waals surface area contributed by atoms with Gasteiger partial charge in [-0.1, -0.05) is 79.8 Å². The summed E-state index contributed by atoms with van der Waals surface area (Å²) in [6.07, 6.45) is 13.5. The van der Waals surface area contributed by atoms with Gasteiger partial charge in [0.2, 0.25) is 0 Å². The standard InChI is InChI=1S/C21H32BrNO2/c1-17(25-20-15-11-12-18(22)16-20)21(24)23-19-13-9-7-5-3-2-4-6-8-10-14-19/h11-12,15-17,19H,2-10,13-14H2,1H3,(H,23,24)/t17-/m0/s1. The Hall–Kier alpha value is -1.03. The van der Waals surface area contributed by atoms with Crippen LogP contribution in [0.15, 0.2) is 28.7 Å². The number of benzene rings is 1. The van der Waals surface area contributed by atoms with Gasteiger partial charge in [0.1, 0.15) is 5.75 Å². The predicted molar refractivity (Wildman–Crippen MR) is 107 cm³/mol. The molecule has 1 aliphatic rings. The summed E-state index contributed by atoms with van der Waals surface area (Å²) in [6.45, 7) is 1.83. The molecule has 3 nitrogen and oxygen atoms in total. The number of hydrogen-bond acceptors (Lipinski definition) is 2. The third-order valence-electron chi connectivity index (χ3n) is 4.93. The number of carbonyl (C=O) groups excluding carboxylic acids is 1. The first-order valence-electron chi connectivity index (χ1n) is 9.88. The average Bonchev–Trinajstić information content (AvgIpc) is 2.57. The lowest BCUT2D eigenvalue weighted by Gasteiger charge is -2.22. The van der Waals surface area contributed by atoms with Crippen molar-refractivity contribution in [2.24, 2.45) is 0 Å². The molecular weight excluding hydrogens is 378 g/mol. The van der Waals surface area contributed by atoms with Gasteiger partial charge in [0.15, 0.2) is 6.10 Å². The number of hydrogen-bond donors (Lipinski definition) is 1. The van der Waals surface area contributed by atoms with Crippen LogP contribution < -0.4 is 10.1 Å². The van der Waals surface area contributed by atoms with Gasteiger partial charge in [-0.2, -0.15) is 0 Å². The highest BCUT2D eigenvalue weighted by Crippen LogP contribution is 2.20. The van der Waals surface area contributed by atoms with E-state index in [4.69, 9.17) is 4.74 Å². The number of ether oxygens (including phenoxy) is 1. The molecule has 0 spiro atoms. The molecule has 0 aromatic heterocycles. The van der Waals surface area contributed by atoms with E-state index in [1.54, 1.807) is 0 Å². The van der Waals surface area contributed by atoms with Crippen LogP contribution in [0.1, 0.15) is 77.6 Å². The maximum atomic E-state index is 12.5. The third-order valence-corrected chi connectivity index (χ3v) is 5.42. The molecule has 1 aromatic rings. The minimum atomic E-state index is -0.476. The van der Waals surface area contributed by atoms with E-state index in [1.807, 2.05) is 31.2 Å². The number of rotatable bonds is 4. The van der Waals surface area contributed by atoms with Crippen molar-refractivity contribution in [3.8, 4) is 5.75 Å². The summed E-state index contributed by atoms with van der Waals surface area (Å²) in [5.41, 5.74) is 0. The third kappa shape index (κ3) is 8.26. The molecule has 0 unspecified atom stereocenters. The molecule has 1 amide bonds. The highest BCUT2D eigenvalue weighted by atomic mass is 79.9. The molecular formula is C21H32BrNO2. The van der Waals surface area contributed by atoms with Gasteiger partial charge in [0, 0.05) is 10.5 Å². The summed E-state index contributed by atoms with van der Waals surface area (Å²) in [5.74, 6) is 0.716. The maximum absolute atomic E-state index is 12.5. The van der Waals surface area contributed by atoms with Crippen molar-refractivity contribution in [2.45, 2.75) is 89.7 Å². The lowest BCUT2D eigenvalue weighted by Crippen LogP contribution is -2.42. The van der Waals surface area contributed by atoms with E-state index < -0.39 is 6.10 Å². The topological polar surface area (TPSA) is 38.3 Å². The minimum absolute atomic E-state index is 0.00271. The summed E-state index contributed by atoms with van der Waals surface area (Å²) < 4.78 is 6.75. The van der Waals surface area contributed by atoms with Crippen molar-refractivity contribution in [1.82, 2.24) is 5.32 Å². The van der Waals surface area contributed by atoms with Gasteiger partial charge >= 0.3 is 0 Å². The van der Waals surface area contributed by atoms with Crippen LogP contribution in [0.2, 0.25) is 0 Å². The van der Waals surface area contributed by atoms with Gasteiger partial charge in [0.05, 0.1) is 0 Å². The quantitative estimate of drug-likeness (QED) is 0.661. The van der Waals surface area contributed by atoms with Crippen molar-refractivity contribution < 1.29 is 9.53 Å². The van der Waals surface area contributed by atoms with Gasteiger partial charge in [-0.15, -0.1) is 0 Å². The van der Waals surface area contributed by atoms with Crippen LogP contribution in [-0.4, -0.2) is 18.1 Å². The highest BCUT2D eigenvalue weighted by Gasteiger charge is 2.19. The molecule has 25 heavy (non-hydrogen) atoms. The number of amides is 1. The summed E-state index contributed by atoms with van der Waals surface area (Å²) in [5, 5.41) is 3.23. The van der Waals surface area contributed by atoms with E-state index in [0.717, 1.165) is 23.1 Å². The Labute approximate surface area is 161 Å². The Bertz CT molecular complexity index is 508. The minimum Gasteiger partial charge on any atom is -0.481 e. The SMILES string of the molecule is C[C@H](Oc1cccc(Br)c1)C(=O)NC1CCCCCCCCCCC1. The second kappa shape index (κ2) is 11.6. The van der Waals surface area contributed by atoms with E-state index >= 15 is 0 Å². The van der Waals surface area contributed by atoms with Gasteiger partial charge in [-0.05, 0) is 38.0 Å². The first-order valence-corrected chi connectivity index (χ1v) is 10.7. The van der Waals surface area contributed by atoms with Crippen molar-refractivity contribution in [3.63, 3.8) is 0 Å². The fourth-order valence-corrected chi connectivity index (χ4v) is 3.80. The van der Waals surface area contributed by atoms with Crippen molar-refractivity contribution in [2.75, 3.05) is 0 Å². The Morgan fingerprint density at radius 1 is 1.04 bits per heavy atom. The van der Waals surface area contributed by atoms with Crippen molar-refractivity contribution in [1.29, 1.82) is 0 Å². The zero-order valence-electron chi connectivity index (χ0n) is 15.4. The molecule has 1 aliphatic carbocycles. The van der Waals surface area contributed by atoms with E-state index in [2.05, 4.69) is 21.2 Å². The second-order valence-electron chi connectivity index (χ2n) is 7.18. The fourth-order valence-electron chi connectivity index (χ4n) is 3.42. The van der Waals surface area contributed by atoms with E-state index in [0.29, 0.717) is 6.04 Å².